The van der Waals surface area contributed by atoms with Crippen molar-refractivity contribution in [1.29, 1.82) is 5.26 Å². The van der Waals surface area contributed by atoms with Gasteiger partial charge in [-0.05, 0) is 63.7 Å². The molecule has 1 aliphatic carbocycles. The third-order valence-electron chi connectivity index (χ3n) is 5.54. The lowest BCUT2D eigenvalue weighted by atomic mass is 9.86. The summed E-state index contributed by atoms with van der Waals surface area (Å²) in [6.07, 6.45) is 10.4. The second kappa shape index (κ2) is 8.88. The van der Waals surface area contributed by atoms with E-state index in [1.54, 1.807) is 6.20 Å². The highest BCUT2D eigenvalue weighted by Crippen LogP contribution is 2.28. The van der Waals surface area contributed by atoms with Gasteiger partial charge in [0.05, 0.1) is 12.1 Å². The molecule has 2 heterocycles. The minimum absolute atomic E-state index is 0.528. The molecule has 1 saturated heterocycles. The standard InChI is InChI=1S/C21H28N4/c1-24(21-12-9-19(16-22)17-23-21)20-10-7-18(8-11-20)6-5-15-25-13-3-2-4-14-25/h9,12,17-18,20H,2-4,7-8,10-11,13-15H2,1H3. The molecule has 0 aromatic carbocycles. The number of nitriles is 1. The van der Waals surface area contributed by atoms with Crippen molar-refractivity contribution in [2.45, 2.75) is 51.0 Å². The smallest absolute Gasteiger partial charge is 0.128 e. The monoisotopic (exact) mass is 336 g/mol. The molecule has 0 atom stereocenters. The van der Waals surface area contributed by atoms with Crippen molar-refractivity contribution >= 4 is 5.82 Å². The van der Waals surface area contributed by atoms with Gasteiger partial charge in [-0.1, -0.05) is 18.3 Å². The normalized spacial score (nSPS) is 24.0. The van der Waals surface area contributed by atoms with E-state index in [1.165, 1.54) is 58.0 Å². The summed E-state index contributed by atoms with van der Waals surface area (Å²) < 4.78 is 0. The Labute approximate surface area is 151 Å². The first-order chi connectivity index (χ1) is 12.3. The summed E-state index contributed by atoms with van der Waals surface area (Å²) in [6.45, 7) is 3.41. The summed E-state index contributed by atoms with van der Waals surface area (Å²) >= 11 is 0. The van der Waals surface area contributed by atoms with Crippen molar-refractivity contribution in [3.63, 3.8) is 0 Å². The Morgan fingerprint density at radius 3 is 2.56 bits per heavy atom. The van der Waals surface area contributed by atoms with Crippen LogP contribution in [0.15, 0.2) is 18.3 Å². The van der Waals surface area contributed by atoms with Crippen molar-refractivity contribution in [2.24, 2.45) is 5.92 Å². The number of piperidine rings is 1. The number of likely N-dealkylation sites (tertiary alicyclic amines) is 1. The topological polar surface area (TPSA) is 43.2 Å². The van der Waals surface area contributed by atoms with Crippen LogP contribution < -0.4 is 4.90 Å². The fraction of sp³-hybridized carbons (Fsp3) is 0.619. The maximum Gasteiger partial charge on any atom is 0.128 e. The molecule has 25 heavy (non-hydrogen) atoms. The highest BCUT2D eigenvalue weighted by molar-refractivity contribution is 5.42. The zero-order valence-corrected chi connectivity index (χ0v) is 15.2. The first-order valence-electron chi connectivity index (χ1n) is 9.56. The van der Waals surface area contributed by atoms with Gasteiger partial charge in [0.1, 0.15) is 11.9 Å². The van der Waals surface area contributed by atoms with Crippen molar-refractivity contribution in [3.8, 4) is 17.9 Å². The van der Waals surface area contributed by atoms with Crippen LogP contribution in [0.4, 0.5) is 5.82 Å². The lowest BCUT2D eigenvalue weighted by Crippen LogP contribution is -2.35. The highest BCUT2D eigenvalue weighted by atomic mass is 15.2. The van der Waals surface area contributed by atoms with E-state index in [4.69, 9.17) is 5.26 Å². The predicted molar refractivity (Wildman–Crippen MR) is 101 cm³/mol. The van der Waals surface area contributed by atoms with Gasteiger partial charge in [-0.3, -0.25) is 4.90 Å². The Hall–Kier alpha value is -2.04. The average molecular weight is 336 g/mol. The Morgan fingerprint density at radius 2 is 1.92 bits per heavy atom. The fourth-order valence-corrected chi connectivity index (χ4v) is 3.87. The van der Waals surface area contributed by atoms with Crippen LogP contribution in [0, 0.1) is 29.1 Å². The number of anilines is 1. The van der Waals surface area contributed by atoms with Crippen LogP contribution in [0.1, 0.15) is 50.5 Å². The number of hydrogen-bond donors (Lipinski definition) is 0. The maximum atomic E-state index is 8.88. The van der Waals surface area contributed by atoms with Crippen LogP contribution >= 0.6 is 0 Å². The van der Waals surface area contributed by atoms with Crippen LogP contribution in [-0.2, 0) is 0 Å². The van der Waals surface area contributed by atoms with Gasteiger partial charge in [-0.25, -0.2) is 4.98 Å². The van der Waals surface area contributed by atoms with Gasteiger partial charge in [-0.15, -0.1) is 0 Å². The third kappa shape index (κ3) is 4.97. The summed E-state index contributed by atoms with van der Waals surface area (Å²) in [5.74, 6) is 8.47. The zero-order valence-electron chi connectivity index (χ0n) is 15.2. The summed E-state index contributed by atoms with van der Waals surface area (Å²) in [5, 5.41) is 8.88. The molecule has 4 nitrogen and oxygen atoms in total. The fourth-order valence-electron chi connectivity index (χ4n) is 3.87. The molecule has 1 aromatic rings. The van der Waals surface area contributed by atoms with E-state index < -0.39 is 0 Å². The molecule has 0 spiro atoms. The Balaban J connectivity index is 1.45. The van der Waals surface area contributed by atoms with Crippen molar-refractivity contribution in [2.75, 3.05) is 31.6 Å². The second-order valence-electron chi connectivity index (χ2n) is 7.29. The van der Waals surface area contributed by atoms with E-state index in [-0.39, 0.29) is 0 Å². The Morgan fingerprint density at radius 1 is 1.16 bits per heavy atom. The number of nitrogens with zero attached hydrogens (tertiary/aromatic N) is 4. The van der Waals surface area contributed by atoms with E-state index in [1.807, 2.05) is 12.1 Å². The predicted octanol–water partition coefficient (Wildman–Crippen LogP) is 3.44. The largest absolute Gasteiger partial charge is 0.357 e. The van der Waals surface area contributed by atoms with E-state index in [0.717, 1.165) is 12.4 Å². The Bertz CT molecular complexity index is 635. The summed E-state index contributed by atoms with van der Waals surface area (Å²) in [6, 6.07) is 6.44. The highest BCUT2D eigenvalue weighted by Gasteiger charge is 2.23. The van der Waals surface area contributed by atoms with Gasteiger partial charge >= 0.3 is 0 Å². The molecule has 1 aliphatic heterocycles. The quantitative estimate of drug-likeness (QED) is 0.793. The van der Waals surface area contributed by atoms with Crippen LogP contribution in [-0.4, -0.2) is 42.6 Å². The molecule has 0 unspecified atom stereocenters. The number of rotatable bonds is 3. The molecule has 2 fully saturated rings. The summed E-state index contributed by atoms with van der Waals surface area (Å²) in [7, 11) is 2.11. The van der Waals surface area contributed by atoms with Crippen molar-refractivity contribution < 1.29 is 0 Å². The Kier molecular flexibility index (Phi) is 6.31. The average Bonchev–Trinajstić information content (AvgIpc) is 2.69. The van der Waals surface area contributed by atoms with Gasteiger partial charge in [-0.2, -0.15) is 5.26 Å². The third-order valence-corrected chi connectivity index (χ3v) is 5.54. The van der Waals surface area contributed by atoms with Crippen molar-refractivity contribution in [3.05, 3.63) is 23.9 Å². The molecule has 0 amide bonds. The van der Waals surface area contributed by atoms with Gasteiger partial charge in [0.25, 0.3) is 0 Å². The lowest BCUT2D eigenvalue weighted by molar-refractivity contribution is 0.255. The molecule has 3 rings (SSSR count). The van der Waals surface area contributed by atoms with E-state index in [2.05, 4.69) is 39.7 Å². The lowest BCUT2D eigenvalue weighted by Gasteiger charge is -2.34. The molecule has 0 radical (unpaired) electrons. The molecule has 132 valence electrons. The first kappa shape index (κ1) is 17.8. The van der Waals surface area contributed by atoms with Gasteiger partial charge in [0.15, 0.2) is 0 Å². The van der Waals surface area contributed by atoms with Crippen LogP contribution in [0.2, 0.25) is 0 Å². The molecule has 4 heteroatoms. The van der Waals surface area contributed by atoms with Gasteiger partial charge in [0, 0.05) is 25.2 Å². The van der Waals surface area contributed by atoms with Gasteiger partial charge in [0.2, 0.25) is 0 Å². The number of hydrogen-bond acceptors (Lipinski definition) is 4. The molecule has 0 N–H and O–H groups in total. The molecule has 2 aliphatic rings. The molecular formula is C21H28N4. The molecule has 0 bridgehead atoms. The molecule has 1 saturated carbocycles. The minimum Gasteiger partial charge on any atom is -0.357 e. The SMILES string of the molecule is CN(c1ccc(C#N)cn1)C1CCC(C#CCN2CCCCC2)CC1. The second-order valence-corrected chi connectivity index (χ2v) is 7.29. The molecule has 1 aromatic heterocycles. The van der Waals surface area contributed by atoms with Gasteiger partial charge < -0.3 is 4.90 Å². The number of pyridine rings is 1. The molecular weight excluding hydrogens is 308 g/mol. The van der Waals surface area contributed by atoms with E-state index >= 15 is 0 Å². The summed E-state index contributed by atoms with van der Waals surface area (Å²) in [5.41, 5.74) is 0.616. The summed E-state index contributed by atoms with van der Waals surface area (Å²) in [4.78, 5) is 9.17. The van der Waals surface area contributed by atoms with Crippen molar-refractivity contribution in [1.82, 2.24) is 9.88 Å². The zero-order chi connectivity index (χ0) is 17.5. The minimum atomic E-state index is 0.528. The number of aromatic nitrogens is 1. The van der Waals surface area contributed by atoms with Crippen LogP contribution in [0.3, 0.4) is 0 Å². The maximum absolute atomic E-state index is 8.88. The first-order valence-corrected chi connectivity index (χ1v) is 9.56. The van der Waals surface area contributed by atoms with E-state index in [9.17, 15) is 0 Å². The van der Waals surface area contributed by atoms with E-state index in [0.29, 0.717) is 17.5 Å². The van der Waals surface area contributed by atoms with Crippen LogP contribution in [0.5, 0.6) is 0 Å². The van der Waals surface area contributed by atoms with Crippen LogP contribution in [0.25, 0.3) is 0 Å².